The maximum atomic E-state index is 14.0. The van der Waals surface area contributed by atoms with E-state index in [1.807, 2.05) is 0 Å². The molecule has 1 aliphatic heterocycles. The van der Waals surface area contributed by atoms with E-state index in [1.165, 1.54) is 18.2 Å². The first-order valence-corrected chi connectivity index (χ1v) is 8.56. The Balaban J connectivity index is 2.02. The molecule has 0 bridgehead atoms. The van der Waals surface area contributed by atoms with Crippen LogP contribution >= 0.6 is 23.2 Å². The van der Waals surface area contributed by atoms with Crippen LogP contribution in [0.2, 0.25) is 10.0 Å². The third kappa shape index (κ3) is 3.89. The molecular weight excluding hydrogens is 402 g/mol. The minimum atomic E-state index is -4.74. The van der Waals surface area contributed by atoms with Crippen LogP contribution in [0.25, 0.3) is 0 Å². The number of amidine groups is 1. The largest absolute Gasteiger partial charge is 0.435 e. The molecule has 2 aromatic carbocycles. The third-order valence-corrected chi connectivity index (χ3v) is 4.44. The molecule has 142 valence electrons. The molecule has 1 unspecified atom stereocenters. The van der Waals surface area contributed by atoms with Gasteiger partial charge in [0.15, 0.2) is 0 Å². The van der Waals surface area contributed by atoms with Gasteiger partial charge in [0.2, 0.25) is 0 Å². The van der Waals surface area contributed by atoms with Crippen molar-refractivity contribution < 1.29 is 18.0 Å². The van der Waals surface area contributed by atoms with E-state index in [2.05, 4.69) is 10.1 Å². The fourth-order valence-electron chi connectivity index (χ4n) is 2.80. The summed E-state index contributed by atoms with van der Waals surface area (Å²) >= 11 is 11.8. The Bertz CT molecular complexity index is 919. The first kappa shape index (κ1) is 19.5. The molecule has 4 nitrogen and oxygen atoms in total. The van der Waals surface area contributed by atoms with Gasteiger partial charge in [0.25, 0.3) is 5.60 Å². The van der Waals surface area contributed by atoms with Crippen LogP contribution in [-0.2, 0) is 10.4 Å². The number of nitrogens with zero attached hydrogens (tertiary/aromatic N) is 2. The van der Waals surface area contributed by atoms with Crippen molar-refractivity contribution in [3.8, 4) is 0 Å². The van der Waals surface area contributed by atoms with Gasteiger partial charge in [-0.1, -0.05) is 40.5 Å². The Morgan fingerprint density at radius 1 is 1.19 bits per heavy atom. The monoisotopic (exact) mass is 415 g/mol. The van der Waals surface area contributed by atoms with Crippen molar-refractivity contribution in [2.45, 2.75) is 25.1 Å². The summed E-state index contributed by atoms with van der Waals surface area (Å²) in [5.74, 6) is 0.329. The minimum absolute atomic E-state index is 0.0768. The van der Waals surface area contributed by atoms with Gasteiger partial charge in [0, 0.05) is 27.6 Å². The molecule has 0 radical (unpaired) electrons. The normalized spacial score (nSPS) is 20.4. The third-order valence-electron chi connectivity index (χ3n) is 4.00. The first-order valence-electron chi connectivity index (χ1n) is 7.80. The highest BCUT2D eigenvalue weighted by Gasteiger charge is 2.62. The van der Waals surface area contributed by atoms with Gasteiger partial charge in [0.1, 0.15) is 0 Å². The van der Waals surface area contributed by atoms with E-state index in [4.69, 9.17) is 33.8 Å². The Hall–Kier alpha value is -2.25. The highest BCUT2D eigenvalue weighted by atomic mass is 35.5. The van der Waals surface area contributed by atoms with Crippen LogP contribution in [0.4, 0.5) is 18.9 Å². The van der Waals surface area contributed by atoms with Crippen molar-refractivity contribution in [1.29, 1.82) is 0 Å². The molecule has 0 fully saturated rings. The van der Waals surface area contributed by atoms with Crippen LogP contribution in [0, 0.1) is 0 Å². The standard InChI is InChI=1S/C18H14Cl2F3N3O/c1-10(24)25-15-4-2-3-11(5-15)16-9-17(27-26-16,18(21,22)23)12-6-13(19)8-14(20)7-12/h2-8H,9H2,1H3,(H2,24,25). The maximum Gasteiger partial charge on any atom is 0.435 e. The van der Waals surface area contributed by atoms with Crippen LogP contribution in [0.5, 0.6) is 0 Å². The Kier molecular flexibility index (Phi) is 5.10. The zero-order valence-corrected chi connectivity index (χ0v) is 15.5. The van der Waals surface area contributed by atoms with E-state index in [-0.39, 0.29) is 21.3 Å². The van der Waals surface area contributed by atoms with Crippen molar-refractivity contribution in [3.63, 3.8) is 0 Å². The summed E-state index contributed by atoms with van der Waals surface area (Å²) in [5, 5.41) is 3.87. The van der Waals surface area contributed by atoms with Gasteiger partial charge >= 0.3 is 6.18 Å². The molecule has 1 heterocycles. The van der Waals surface area contributed by atoms with Gasteiger partial charge in [-0.05, 0) is 37.3 Å². The topological polar surface area (TPSA) is 60.0 Å². The molecule has 0 saturated carbocycles. The molecule has 9 heteroatoms. The Morgan fingerprint density at radius 3 is 2.44 bits per heavy atom. The number of nitrogens with two attached hydrogens (primary N) is 1. The van der Waals surface area contributed by atoms with Crippen LogP contribution in [0.15, 0.2) is 52.6 Å². The molecule has 3 rings (SSSR count). The van der Waals surface area contributed by atoms with Gasteiger partial charge in [-0.15, -0.1) is 0 Å². The molecule has 1 aliphatic rings. The summed E-state index contributed by atoms with van der Waals surface area (Å²) in [6.07, 6.45) is -5.27. The number of alkyl halides is 3. The van der Waals surface area contributed by atoms with E-state index in [0.29, 0.717) is 17.1 Å². The fraction of sp³-hybridized carbons (Fsp3) is 0.222. The SMILES string of the molecule is CC(N)=Nc1cccc(C2=NOC(c3cc(Cl)cc(Cl)c3)(C(F)(F)F)C2)c1. The first-order chi connectivity index (χ1) is 12.6. The van der Waals surface area contributed by atoms with E-state index < -0.39 is 18.2 Å². The summed E-state index contributed by atoms with van der Waals surface area (Å²) in [7, 11) is 0. The number of hydrogen-bond acceptors (Lipinski definition) is 3. The molecule has 2 aromatic rings. The Morgan fingerprint density at radius 2 is 1.85 bits per heavy atom. The lowest BCUT2D eigenvalue weighted by atomic mass is 9.86. The molecule has 0 aromatic heterocycles. The molecule has 2 N–H and O–H groups in total. The van der Waals surface area contributed by atoms with E-state index >= 15 is 0 Å². The molecule has 1 atom stereocenters. The van der Waals surface area contributed by atoms with Crippen molar-refractivity contribution in [2.24, 2.45) is 15.9 Å². The van der Waals surface area contributed by atoms with Gasteiger partial charge in [0.05, 0.1) is 17.2 Å². The summed E-state index contributed by atoms with van der Waals surface area (Å²) in [6, 6.07) is 10.3. The second-order valence-corrected chi connectivity index (χ2v) is 6.97. The predicted molar refractivity (Wildman–Crippen MR) is 99.8 cm³/mol. The Labute approximate surface area is 163 Å². The molecule has 0 amide bonds. The lowest BCUT2D eigenvalue weighted by Gasteiger charge is -2.29. The van der Waals surface area contributed by atoms with Crippen molar-refractivity contribution >= 4 is 40.4 Å². The van der Waals surface area contributed by atoms with Gasteiger partial charge in [-0.25, -0.2) is 4.99 Å². The number of oxime groups is 1. The highest BCUT2D eigenvalue weighted by Crippen LogP contribution is 2.49. The summed E-state index contributed by atoms with van der Waals surface area (Å²) in [5.41, 5.74) is 3.77. The van der Waals surface area contributed by atoms with Gasteiger partial charge < -0.3 is 10.6 Å². The van der Waals surface area contributed by atoms with Crippen molar-refractivity contribution in [2.75, 3.05) is 0 Å². The highest BCUT2D eigenvalue weighted by molar-refractivity contribution is 6.34. The molecule has 0 aliphatic carbocycles. The van der Waals surface area contributed by atoms with E-state index in [1.54, 1.807) is 31.2 Å². The molecule has 0 spiro atoms. The average molecular weight is 416 g/mol. The lowest BCUT2D eigenvalue weighted by Crippen LogP contribution is -2.42. The minimum Gasteiger partial charge on any atom is -0.387 e. The average Bonchev–Trinajstić information content (AvgIpc) is 3.00. The predicted octanol–water partition coefficient (Wildman–Crippen LogP) is 5.58. The molecular formula is C18H14Cl2F3N3O. The van der Waals surface area contributed by atoms with Crippen molar-refractivity contribution in [3.05, 3.63) is 63.6 Å². The van der Waals surface area contributed by atoms with Crippen molar-refractivity contribution in [1.82, 2.24) is 0 Å². The van der Waals surface area contributed by atoms with E-state index in [9.17, 15) is 13.2 Å². The lowest BCUT2D eigenvalue weighted by molar-refractivity contribution is -0.275. The quantitative estimate of drug-likeness (QED) is 0.524. The number of aliphatic imine (C=N–C) groups is 1. The number of hydrogen-bond donors (Lipinski definition) is 1. The number of rotatable bonds is 3. The summed E-state index contributed by atoms with van der Waals surface area (Å²) in [6.45, 7) is 1.61. The second kappa shape index (κ2) is 7.05. The number of benzene rings is 2. The summed E-state index contributed by atoms with van der Waals surface area (Å²) < 4.78 is 41.9. The van der Waals surface area contributed by atoms with Gasteiger partial charge in [-0.3, -0.25) is 0 Å². The molecule has 27 heavy (non-hydrogen) atoms. The zero-order chi connectivity index (χ0) is 19.8. The van der Waals surface area contributed by atoms with Crippen LogP contribution in [0.3, 0.4) is 0 Å². The van der Waals surface area contributed by atoms with Crippen LogP contribution in [0.1, 0.15) is 24.5 Å². The van der Waals surface area contributed by atoms with Gasteiger partial charge in [-0.2, -0.15) is 13.2 Å². The van der Waals surface area contributed by atoms with Crippen LogP contribution in [-0.4, -0.2) is 17.7 Å². The maximum absolute atomic E-state index is 14.0. The molecule has 0 saturated heterocycles. The number of halogens is 5. The van der Waals surface area contributed by atoms with E-state index in [0.717, 1.165) is 0 Å². The fourth-order valence-corrected chi connectivity index (χ4v) is 3.33. The summed E-state index contributed by atoms with van der Waals surface area (Å²) in [4.78, 5) is 9.07. The van der Waals surface area contributed by atoms with Crippen LogP contribution < -0.4 is 5.73 Å². The second-order valence-electron chi connectivity index (χ2n) is 6.09. The zero-order valence-electron chi connectivity index (χ0n) is 14.0. The smallest absolute Gasteiger partial charge is 0.387 e.